The third kappa shape index (κ3) is 5.98. The number of hydrogen-bond acceptors (Lipinski definition) is 2. The number of hydrogen-bond donors (Lipinski definition) is 1. The quantitative estimate of drug-likeness (QED) is 0.657. The number of carbonyl (C=O) groups excluding carboxylic acids is 1. The summed E-state index contributed by atoms with van der Waals surface area (Å²) in [7, 11) is 0. The Labute approximate surface area is 141 Å². The number of carbonyl (C=O) groups is 1. The van der Waals surface area contributed by atoms with E-state index >= 15 is 0 Å². The largest absolute Gasteiger partial charge is 0.335 e. The van der Waals surface area contributed by atoms with Gasteiger partial charge in [0.05, 0.1) is 0 Å². The first kappa shape index (κ1) is 18.0. The van der Waals surface area contributed by atoms with Gasteiger partial charge in [-0.15, -0.1) is 0 Å². The van der Waals surface area contributed by atoms with Crippen LogP contribution in [0.5, 0.6) is 0 Å². The molecule has 0 aromatic heterocycles. The Morgan fingerprint density at radius 1 is 1.13 bits per heavy atom. The summed E-state index contributed by atoms with van der Waals surface area (Å²) in [6, 6.07) is 9.24. The standard InChI is InChI=1S/C20H32N2O/c1-16(2)18-10-8-17(9-11-18)15-22(19-12-13-19)20(23)7-5-3-4-6-14-21/h8-11,16,19H,3-7,12-15,21H2,1-2H3. The van der Waals surface area contributed by atoms with Crippen LogP contribution in [0.1, 0.15) is 75.8 Å². The zero-order valence-corrected chi connectivity index (χ0v) is 14.8. The molecular formula is C20H32N2O. The van der Waals surface area contributed by atoms with Gasteiger partial charge in [0.2, 0.25) is 5.91 Å². The van der Waals surface area contributed by atoms with Gasteiger partial charge in [0.1, 0.15) is 0 Å². The molecule has 0 heterocycles. The van der Waals surface area contributed by atoms with Crippen LogP contribution in [-0.2, 0) is 11.3 Å². The fourth-order valence-electron chi connectivity index (χ4n) is 2.93. The highest BCUT2D eigenvalue weighted by molar-refractivity contribution is 5.76. The molecule has 1 amide bonds. The van der Waals surface area contributed by atoms with Crippen molar-refractivity contribution in [3.8, 4) is 0 Å². The lowest BCUT2D eigenvalue weighted by molar-refractivity contribution is -0.132. The third-order valence-electron chi connectivity index (χ3n) is 4.65. The Kier molecular flexibility index (Phi) is 7.10. The SMILES string of the molecule is CC(C)c1ccc(CN(C(=O)CCCCCCN)C2CC2)cc1. The number of rotatable bonds is 10. The van der Waals surface area contributed by atoms with Crippen molar-refractivity contribution in [2.75, 3.05) is 6.54 Å². The Balaban J connectivity index is 1.84. The van der Waals surface area contributed by atoms with Gasteiger partial charge in [0, 0.05) is 19.0 Å². The molecule has 2 rings (SSSR count). The summed E-state index contributed by atoms with van der Waals surface area (Å²) in [4.78, 5) is 14.6. The minimum absolute atomic E-state index is 0.327. The summed E-state index contributed by atoms with van der Waals surface area (Å²) in [6.45, 7) is 5.94. The Bertz CT molecular complexity index is 477. The van der Waals surface area contributed by atoms with Crippen LogP contribution in [0.2, 0.25) is 0 Å². The van der Waals surface area contributed by atoms with Crippen molar-refractivity contribution in [1.82, 2.24) is 4.90 Å². The van der Waals surface area contributed by atoms with Crippen molar-refractivity contribution in [1.29, 1.82) is 0 Å². The molecule has 1 saturated carbocycles. The summed E-state index contributed by atoms with van der Waals surface area (Å²) >= 11 is 0. The topological polar surface area (TPSA) is 46.3 Å². The maximum absolute atomic E-state index is 12.5. The Hall–Kier alpha value is -1.35. The van der Waals surface area contributed by atoms with E-state index in [-0.39, 0.29) is 0 Å². The van der Waals surface area contributed by atoms with E-state index in [0.29, 0.717) is 24.3 Å². The average molecular weight is 316 g/mol. The zero-order valence-electron chi connectivity index (χ0n) is 14.8. The summed E-state index contributed by atoms with van der Waals surface area (Å²) in [5.41, 5.74) is 8.11. The second-order valence-corrected chi connectivity index (χ2v) is 7.10. The number of amides is 1. The Morgan fingerprint density at radius 2 is 1.78 bits per heavy atom. The van der Waals surface area contributed by atoms with Crippen LogP contribution in [-0.4, -0.2) is 23.4 Å². The number of benzene rings is 1. The molecule has 0 saturated heterocycles. The maximum atomic E-state index is 12.5. The normalized spacial score (nSPS) is 14.3. The molecule has 1 aliphatic carbocycles. The van der Waals surface area contributed by atoms with Crippen LogP contribution >= 0.6 is 0 Å². The minimum atomic E-state index is 0.327. The zero-order chi connectivity index (χ0) is 16.7. The van der Waals surface area contributed by atoms with Crippen molar-refractivity contribution < 1.29 is 4.79 Å². The highest BCUT2D eigenvalue weighted by atomic mass is 16.2. The summed E-state index contributed by atoms with van der Waals surface area (Å²) in [5.74, 6) is 0.881. The van der Waals surface area contributed by atoms with Gasteiger partial charge in [0.15, 0.2) is 0 Å². The smallest absolute Gasteiger partial charge is 0.223 e. The molecule has 23 heavy (non-hydrogen) atoms. The molecule has 128 valence electrons. The van der Waals surface area contributed by atoms with Crippen LogP contribution in [0.3, 0.4) is 0 Å². The fraction of sp³-hybridized carbons (Fsp3) is 0.650. The first-order valence-electron chi connectivity index (χ1n) is 9.20. The predicted octanol–water partition coefficient (Wildman–Crippen LogP) is 4.21. The fourth-order valence-corrected chi connectivity index (χ4v) is 2.93. The van der Waals surface area contributed by atoms with Crippen LogP contribution in [0.25, 0.3) is 0 Å². The van der Waals surface area contributed by atoms with Gasteiger partial charge in [-0.25, -0.2) is 0 Å². The lowest BCUT2D eigenvalue weighted by Crippen LogP contribution is -2.32. The van der Waals surface area contributed by atoms with Gasteiger partial charge < -0.3 is 10.6 Å². The highest BCUT2D eigenvalue weighted by Crippen LogP contribution is 2.29. The predicted molar refractivity (Wildman–Crippen MR) is 96.2 cm³/mol. The van der Waals surface area contributed by atoms with Gasteiger partial charge in [-0.2, -0.15) is 0 Å². The van der Waals surface area contributed by atoms with E-state index in [1.54, 1.807) is 0 Å². The molecule has 1 aromatic carbocycles. The van der Waals surface area contributed by atoms with Crippen LogP contribution in [0.15, 0.2) is 24.3 Å². The first-order valence-corrected chi connectivity index (χ1v) is 9.20. The molecule has 3 heteroatoms. The number of nitrogens with zero attached hydrogens (tertiary/aromatic N) is 1. The lowest BCUT2D eigenvalue weighted by atomic mass is 10.0. The van der Waals surface area contributed by atoms with Crippen molar-refractivity contribution in [2.24, 2.45) is 5.73 Å². The van der Waals surface area contributed by atoms with Gasteiger partial charge in [-0.05, 0) is 49.3 Å². The molecule has 1 fully saturated rings. The minimum Gasteiger partial charge on any atom is -0.335 e. The van der Waals surface area contributed by atoms with E-state index in [2.05, 4.69) is 43.0 Å². The molecule has 0 atom stereocenters. The molecule has 0 spiro atoms. The number of unbranched alkanes of at least 4 members (excludes halogenated alkanes) is 3. The maximum Gasteiger partial charge on any atom is 0.223 e. The molecule has 0 aliphatic heterocycles. The van der Waals surface area contributed by atoms with Crippen molar-refractivity contribution >= 4 is 5.91 Å². The lowest BCUT2D eigenvalue weighted by Gasteiger charge is -2.23. The van der Waals surface area contributed by atoms with Gasteiger partial charge in [0.25, 0.3) is 0 Å². The van der Waals surface area contributed by atoms with E-state index in [1.165, 1.54) is 24.0 Å². The molecular weight excluding hydrogens is 284 g/mol. The van der Waals surface area contributed by atoms with Crippen molar-refractivity contribution in [2.45, 2.75) is 77.3 Å². The van der Waals surface area contributed by atoms with E-state index < -0.39 is 0 Å². The van der Waals surface area contributed by atoms with Crippen LogP contribution in [0.4, 0.5) is 0 Å². The first-order chi connectivity index (χ1) is 11.1. The van der Waals surface area contributed by atoms with Crippen LogP contribution in [0, 0.1) is 0 Å². The summed E-state index contributed by atoms with van der Waals surface area (Å²) in [6.07, 6.45) is 7.35. The van der Waals surface area contributed by atoms with Gasteiger partial charge >= 0.3 is 0 Å². The van der Waals surface area contributed by atoms with Crippen LogP contribution < -0.4 is 5.73 Å². The number of nitrogens with two attached hydrogens (primary N) is 1. The monoisotopic (exact) mass is 316 g/mol. The summed E-state index contributed by atoms with van der Waals surface area (Å²) in [5, 5.41) is 0. The molecule has 0 bridgehead atoms. The van der Waals surface area contributed by atoms with E-state index in [0.717, 1.165) is 38.8 Å². The van der Waals surface area contributed by atoms with Gasteiger partial charge in [-0.3, -0.25) is 4.79 Å². The van der Waals surface area contributed by atoms with E-state index in [9.17, 15) is 4.79 Å². The average Bonchev–Trinajstić information content (AvgIpc) is 3.37. The van der Waals surface area contributed by atoms with E-state index in [4.69, 9.17) is 5.73 Å². The molecule has 1 aliphatic rings. The van der Waals surface area contributed by atoms with Gasteiger partial charge in [-0.1, -0.05) is 51.0 Å². The highest BCUT2D eigenvalue weighted by Gasteiger charge is 2.32. The molecule has 2 N–H and O–H groups in total. The van der Waals surface area contributed by atoms with Crippen molar-refractivity contribution in [3.05, 3.63) is 35.4 Å². The van der Waals surface area contributed by atoms with E-state index in [1.807, 2.05) is 0 Å². The molecule has 0 radical (unpaired) electrons. The van der Waals surface area contributed by atoms with Crippen molar-refractivity contribution in [3.63, 3.8) is 0 Å². The molecule has 1 aromatic rings. The summed E-state index contributed by atoms with van der Waals surface area (Å²) < 4.78 is 0. The molecule has 0 unspecified atom stereocenters. The molecule has 3 nitrogen and oxygen atoms in total. The second kappa shape index (κ2) is 9.07. The third-order valence-corrected chi connectivity index (χ3v) is 4.65. The second-order valence-electron chi connectivity index (χ2n) is 7.10. The Morgan fingerprint density at radius 3 is 2.35 bits per heavy atom.